The lowest BCUT2D eigenvalue weighted by molar-refractivity contribution is -0.117. The molecule has 9 heteroatoms. The zero-order valence-electron chi connectivity index (χ0n) is 15.2. The molecule has 1 saturated heterocycles. The molecule has 0 saturated carbocycles. The summed E-state index contributed by atoms with van der Waals surface area (Å²) in [6.45, 7) is 1.78. The molecule has 0 unspecified atom stereocenters. The third-order valence-electron chi connectivity index (χ3n) is 4.42. The number of aryl methyl sites for hydroxylation is 1. The number of hydrogen-bond donors (Lipinski definition) is 2. The lowest BCUT2D eigenvalue weighted by atomic mass is 10.2. The van der Waals surface area contributed by atoms with Crippen molar-refractivity contribution in [3.8, 4) is 0 Å². The van der Waals surface area contributed by atoms with Crippen LogP contribution < -0.4 is 14.9 Å². The van der Waals surface area contributed by atoms with Gasteiger partial charge in [-0.3, -0.25) is 9.59 Å². The second-order valence-corrected chi connectivity index (χ2v) is 8.24. The number of halogens is 1. The van der Waals surface area contributed by atoms with E-state index in [1.54, 1.807) is 24.0 Å². The summed E-state index contributed by atoms with van der Waals surface area (Å²) in [6, 6.07) is 9.82. The van der Waals surface area contributed by atoms with Crippen LogP contribution in [0.25, 0.3) is 0 Å². The topological polar surface area (TPSA) is 95.6 Å². The maximum Gasteiger partial charge on any atom is 0.241 e. The number of carbonyl (C=O) groups excluding carboxylic acids is 2. The summed E-state index contributed by atoms with van der Waals surface area (Å²) in [5.41, 5.74) is 1.58. The van der Waals surface area contributed by atoms with E-state index in [0.29, 0.717) is 29.9 Å². The van der Waals surface area contributed by atoms with Gasteiger partial charge in [0.25, 0.3) is 0 Å². The van der Waals surface area contributed by atoms with Gasteiger partial charge in [0.05, 0.1) is 11.4 Å². The van der Waals surface area contributed by atoms with Crippen molar-refractivity contribution in [3.05, 3.63) is 53.8 Å². The highest BCUT2D eigenvalue weighted by molar-refractivity contribution is 7.89. The summed E-state index contributed by atoms with van der Waals surface area (Å²) in [4.78, 5) is 25.4. The number of rotatable bonds is 6. The number of benzene rings is 2. The van der Waals surface area contributed by atoms with E-state index in [0.717, 1.165) is 6.42 Å². The highest BCUT2D eigenvalue weighted by atomic mass is 32.2. The highest BCUT2D eigenvalue weighted by Crippen LogP contribution is 2.23. The fourth-order valence-corrected chi connectivity index (χ4v) is 3.91. The Bertz CT molecular complexity index is 1010. The van der Waals surface area contributed by atoms with Gasteiger partial charge < -0.3 is 10.2 Å². The van der Waals surface area contributed by atoms with Gasteiger partial charge in [-0.2, -0.15) is 0 Å². The molecule has 0 aromatic heterocycles. The minimum absolute atomic E-state index is 0.00587. The SMILES string of the molecule is Cc1cc(F)ccc1NC(=O)CNS(=O)(=O)c1ccc(N2CCCC2=O)cc1. The second kappa shape index (κ2) is 8.07. The van der Waals surface area contributed by atoms with E-state index in [2.05, 4.69) is 10.0 Å². The summed E-state index contributed by atoms with van der Waals surface area (Å²) < 4.78 is 40.1. The predicted molar refractivity (Wildman–Crippen MR) is 103 cm³/mol. The van der Waals surface area contributed by atoms with Crippen molar-refractivity contribution in [2.24, 2.45) is 0 Å². The molecule has 2 N–H and O–H groups in total. The van der Waals surface area contributed by atoms with Crippen LogP contribution in [-0.4, -0.2) is 33.3 Å². The van der Waals surface area contributed by atoms with Crippen LogP contribution in [-0.2, 0) is 19.6 Å². The number of hydrogen-bond acceptors (Lipinski definition) is 4. The molecule has 0 bridgehead atoms. The summed E-state index contributed by atoms with van der Waals surface area (Å²) in [6.07, 6.45) is 1.27. The minimum atomic E-state index is -3.89. The van der Waals surface area contributed by atoms with Gasteiger partial charge in [0.1, 0.15) is 5.82 Å². The van der Waals surface area contributed by atoms with Crippen molar-refractivity contribution in [1.82, 2.24) is 4.72 Å². The predicted octanol–water partition coefficient (Wildman–Crippen LogP) is 2.18. The number of nitrogens with one attached hydrogen (secondary N) is 2. The number of sulfonamides is 1. The van der Waals surface area contributed by atoms with Gasteiger partial charge in [-0.15, -0.1) is 0 Å². The molecule has 0 aliphatic carbocycles. The molecule has 1 heterocycles. The summed E-state index contributed by atoms with van der Waals surface area (Å²) >= 11 is 0. The first-order valence-corrected chi connectivity index (χ1v) is 10.2. The van der Waals surface area contributed by atoms with Gasteiger partial charge in [0.2, 0.25) is 21.8 Å². The van der Waals surface area contributed by atoms with Crippen molar-refractivity contribution < 1.29 is 22.4 Å². The quantitative estimate of drug-likeness (QED) is 0.770. The average Bonchev–Trinajstić information content (AvgIpc) is 3.08. The second-order valence-electron chi connectivity index (χ2n) is 6.47. The van der Waals surface area contributed by atoms with Crippen molar-refractivity contribution in [1.29, 1.82) is 0 Å². The van der Waals surface area contributed by atoms with E-state index in [1.165, 1.54) is 30.3 Å². The largest absolute Gasteiger partial charge is 0.325 e. The fraction of sp³-hybridized carbons (Fsp3) is 0.263. The zero-order valence-corrected chi connectivity index (χ0v) is 16.1. The van der Waals surface area contributed by atoms with Gasteiger partial charge in [0.15, 0.2) is 0 Å². The molecular formula is C19H20FN3O4S. The standard InChI is InChI=1S/C19H20FN3O4S/c1-13-11-14(20)4-9-17(13)22-18(24)12-21-28(26,27)16-7-5-15(6-8-16)23-10-2-3-19(23)25/h4-9,11,21H,2-3,10,12H2,1H3,(H,22,24). The lowest BCUT2D eigenvalue weighted by Gasteiger charge is -2.16. The molecule has 0 atom stereocenters. The Kier molecular flexibility index (Phi) is 5.76. The van der Waals surface area contributed by atoms with Crippen LogP contribution in [0.15, 0.2) is 47.4 Å². The minimum Gasteiger partial charge on any atom is -0.325 e. The monoisotopic (exact) mass is 405 g/mol. The molecule has 1 fully saturated rings. The highest BCUT2D eigenvalue weighted by Gasteiger charge is 2.22. The van der Waals surface area contributed by atoms with Crippen molar-refractivity contribution in [3.63, 3.8) is 0 Å². The van der Waals surface area contributed by atoms with Crippen molar-refractivity contribution in [2.45, 2.75) is 24.7 Å². The molecule has 1 aliphatic heterocycles. The van der Waals surface area contributed by atoms with Crippen LogP contribution in [0.1, 0.15) is 18.4 Å². The molecule has 2 aromatic rings. The molecule has 7 nitrogen and oxygen atoms in total. The average molecular weight is 405 g/mol. The number of amides is 2. The Labute approximate surface area is 162 Å². The molecule has 2 aromatic carbocycles. The smallest absolute Gasteiger partial charge is 0.241 e. The lowest BCUT2D eigenvalue weighted by Crippen LogP contribution is -2.33. The van der Waals surface area contributed by atoms with E-state index >= 15 is 0 Å². The Morgan fingerprint density at radius 3 is 2.50 bits per heavy atom. The zero-order chi connectivity index (χ0) is 20.3. The normalized spacial score (nSPS) is 14.4. The Morgan fingerprint density at radius 1 is 1.18 bits per heavy atom. The van der Waals surface area contributed by atoms with E-state index < -0.39 is 28.3 Å². The van der Waals surface area contributed by atoms with Crippen molar-refractivity contribution in [2.75, 3.05) is 23.3 Å². The molecule has 2 amide bonds. The van der Waals surface area contributed by atoms with Crippen LogP contribution in [0, 0.1) is 12.7 Å². The first-order chi connectivity index (χ1) is 13.3. The van der Waals surface area contributed by atoms with Gasteiger partial charge in [0, 0.05) is 24.3 Å². The van der Waals surface area contributed by atoms with Gasteiger partial charge in [-0.05, 0) is 61.4 Å². The van der Waals surface area contributed by atoms with Crippen LogP contribution in [0.5, 0.6) is 0 Å². The van der Waals surface area contributed by atoms with Crippen LogP contribution in [0.3, 0.4) is 0 Å². The van der Waals surface area contributed by atoms with Crippen LogP contribution >= 0.6 is 0 Å². The van der Waals surface area contributed by atoms with E-state index in [1.807, 2.05) is 0 Å². The number of carbonyl (C=O) groups is 2. The summed E-state index contributed by atoms with van der Waals surface area (Å²) in [5.74, 6) is -0.977. The van der Waals surface area contributed by atoms with E-state index in [9.17, 15) is 22.4 Å². The molecule has 28 heavy (non-hydrogen) atoms. The van der Waals surface area contributed by atoms with Crippen molar-refractivity contribution >= 4 is 33.2 Å². The molecular weight excluding hydrogens is 385 g/mol. The summed E-state index contributed by atoms with van der Waals surface area (Å²) in [5, 5.41) is 2.54. The number of nitrogens with zero attached hydrogens (tertiary/aromatic N) is 1. The van der Waals surface area contributed by atoms with Crippen LogP contribution in [0.4, 0.5) is 15.8 Å². The van der Waals surface area contributed by atoms with E-state index in [-0.39, 0.29) is 10.8 Å². The Hall–Kier alpha value is -2.78. The van der Waals surface area contributed by atoms with Gasteiger partial charge in [-0.25, -0.2) is 17.5 Å². The summed E-state index contributed by atoms with van der Waals surface area (Å²) in [7, 11) is -3.89. The Balaban J connectivity index is 1.61. The van der Waals surface area contributed by atoms with Gasteiger partial charge in [-0.1, -0.05) is 0 Å². The molecule has 0 radical (unpaired) electrons. The number of anilines is 2. The first-order valence-electron chi connectivity index (χ1n) is 8.72. The molecule has 148 valence electrons. The third-order valence-corrected chi connectivity index (χ3v) is 5.83. The third kappa shape index (κ3) is 4.55. The molecule has 3 rings (SSSR count). The Morgan fingerprint density at radius 2 is 1.89 bits per heavy atom. The fourth-order valence-electron chi connectivity index (χ4n) is 2.93. The maximum absolute atomic E-state index is 13.1. The molecule has 0 spiro atoms. The maximum atomic E-state index is 13.1. The van der Waals surface area contributed by atoms with E-state index in [4.69, 9.17) is 0 Å². The molecule has 1 aliphatic rings. The van der Waals surface area contributed by atoms with Crippen LogP contribution in [0.2, 0.25) is 0 Å². The van der Waals surface area contributed by atoms with Gasteiger partial charge >= 0.3 is 0 Å². The first kappa shape index (κ1) is 20.0.